The average Bonchev–Trinajstić information content (AvgIpc) is 2.29. The maximum absolute atomic E-state index is 10.7. The Balaban J connectivity index is 2.55. The molecule has 5 heteroatoms. The number of hydrogen-bond donors (Lipinski definition) is 3. The third-order valence-electron chi connectivity index (χ3n) is 2.55. The third kappa shape index (κ3) is 3.29. The minimum atomic E-state index is -2.69. The van der Waals surface area contributed by atoms with Gasteiger partial charge >= 0.3 is 11.9 Å². The number of benzene rings is 1. The van der Waals surface area contributed by atoms with Crippen molar-refractivity contribution in [3.63, 3.8) is 0 Å². The zero-order valence-electron chi connectivity index (χ0n) is 9.17. The largest absolute Gasteiger partial charge is 0.479 e. The summed E-state index contributed by atoms with van der Waals surface area (Å²) < 4.78 is 0. The molecule has 0 amide bonds. The molecule has 0 aliphatic carbocycles. The molecular weight excluding hydrogens is 224 g/mol. The first-order valence-electron chi connectivity index (χ1n) is 5.20. The van der Waals surface area contributed by atoms with Gasteiger partial charge in [0.25, 0.3) is 5.60 Å². The summed E-state index contributed by atoms with van der Waals surface area (Å²) in [6.45, 7) is 0. The lowest BCUT2D eigenvalue weighted by Gasteiger charge is -2.17. The molecule has 17 heavy (non-hydrogen) atoms. The summed E-state index contributed by atoms with van der Waals surface area (Å²) in [5.41, 5.74) is -1.71. The lowest BCUT2D eigenvalue weighted by atomic mass is 9.95. The van der Waals surface area contributed by atoms with Crippen molar-refractivity contribution in [3.8, 4) is 0 Å². The first-order chi connectivity index (χ1) is 7.97. The number of carboxylic acid groups (broad SMARTS) is 2. The van der Waals surface area contributed by atoms with Gasteiger partial charge in [-0.3, -0.25) is 0 Å². The van der Waals surface area contributed by atoms with Crippen molar-refractivity contribution >= 4 is 11.9 Å². The first kappa shape index (κ1) is 13.2. The Labute approximate surface area is 98.3 Å². The predicted octanol–water partition coefficient (Wildman–Crippen LogP) is 0.910. The molecule has 0 aromatic heterocycles. The molecule has 1 rings (SSSR count). The average molecular weight is 238 g/mol. The van der Waals surface area contributed by atoms with E-state index in [4.69, 9.17) is 10.2 Å². The number of aliphatic carboxylic acids is 2. The van der Waals surface area contributed by atoms with E-state index in [0.29, 0.717) is 12.8 Å². The van der Waals surface area contributed by atoms with Crippen molar-refractivity contribution in [2.24, 2.45) is 0 Å². The molecule has 5 nitrogen and oxygen atoms in total. The minimum absolute atomic E-state index is 0.291. The lowest BCUT2D eigenvalue weighted by molar-refractivity contribution is -0.176. The highest BCUT2D eigenvalue weighted by atomic mass is 16.4. The highest BCUT2D eigenvalue weighted by Gasteiger charge is 2.43. The fourth-order valence-corrected chi connectivity index (χ4v) is 1.50. The van der Waals surface area contributed by atoms with E-state index < -0.39 is 17.5 Å². The summed E-state index contributed by atoms with van der Waals surface area (Å²) in [6, 6.07) is 9.27. The second-order valence-corrected chi connectivity index (χ2v) is 3.81. The maximum atomic E-state index is 10.7. The monoisotopic (exact) mass is 238 g/mol. The number of aryl methyl sites for hydroxylation is 1. The van der Waals surface area contributed by atoms with E-state index in [1.165, 1.54) is 0 Å². The Morgan fingerprint density at radius 3 is 2.06 bits per heavy atom. The summed E-state index contributed by atoms with van der Waals surface area (Å²) in [5, 5.41) is 26.8. The molecule has 92 valence electrons. The van der Waals surface area contributed by atoms with Crippen LogP contribution in [0.1, 0.15) is 18.4 Å². The van der Waals surface area contributed by atoms with Crippen LogP contribution in [0.25, 0.3) is 0 Å². The van der Waals surface area contributed by atoms with Crippen LogP contribution in [0.3, 0.4) is 0 Å². The van der Waals surface area contributed by atoms with E-state index in [9.17, 15) is 14.7 Å². The number of aliphatic hydroxyl groups is 1. The van der Waals surface area contributed by atoms with Gasteiger partial charge in [-0.05, 0) is 24.8 Å². The van der Waals surface area contributed by atoms with Gasteiger partial charge in [-0.15, -0.1) is 0 Å². The summed E-state index contributed by atoms with van der Waals surface area (Å²) in [5.74, 6) is -3.45. The molecule has 1 aromatic carbocycles. The van der Waals surface area contributed by atoms with E-state index in [2.05, 4.69) is 0 Å². The highest BCUT2D eigenvalue weighted by molar-refractivity contribution is 6.01. The zero-order valence-corrected chi connectivity index (χ0v) is 9.17. The van der Waals surface area contributed by atoms with Crippen LogP contribution < -0.4 is 0 Å². The van der Waals surface area contributed by atoms with E-state index in [1.807, 2.05) is 30.3 Å². The fourth-order valence-electron chi connectivity index (χ4n) is 1.50. The van der Waals surface area contributed by atoms with Crippen molar-refractivity contribution in [1.82, 2.24) is 0 Å². The molecule has 0 heterocycles. The smallest absolute Gasteiger partial charge is 0.347 e. The summed E-state index contributed by atoms with van der Waals surface area (Å²) in [4.78, 5) is 21.3. The molecule has 0 aliphatic heterocycles. The second kappa shape index (κ2) is 5.45. The van der Waals surface area contributed by atoms with Gasteiger partial charge in [0.15, 0.2) is 0 Å². The molecule has 0 saturated carbocycles. The summed E-state index contributed by atoms with van der Waals surface area (Å²) in [7, 11) is 0. The molecule has 0 unspecified atom stereocenters. The molecule has 0 bridgehead atoms. The topological polar surface area (TPSA) is 94.8 Å². The van der Waals surface area contributed by atoms with Gasteiger partial charge in [0.1, 0.15) is 0 Å². The Kier molecular flexibility index (Phi) is 4.23. The van der Waals surface area contributed by atoms with Crippen LogP contribution in [0.5, 0.6) is 0 Å². The zero-order chi connectivity index (χ0) is 12.9. The number of carbonyl (C=O) groups is 2. The van der Waals surface area contributed by atoms with Crippen LogP contribution in [-0.2, 0) is 16.0 Å². The van der Waals surface area contributed by atoms with E-state index in [1.54, 1.807) is 0 Å². The molecule has 3 N–H and O–H groups in total. The van der Waals surface area contributed by atoms with Gasteiger partial charge in [0, 0.05) is 0 Å². The Morgan fingerprint density at radius 1 is 1.06 bits per heavy atom. The van der Waals surface area contributed by atoms with Crippen LogP contribution in [0.15, 0.2) is 30.3 Å². The van der Waals surface area contributed by atoms with Crippen molar-refractivity contribution in [3.05, 3.63) is 35.9 Å². The number of hydrogen-bond acceptors (Lipinski definition) is 3. The maximum Gasteiger partial charge on any atom is 0.347 e. The Hall–Kier alpha value is -1.88. The molecule has 0 atom stereocenters. The third-order valence-corrected chi connectivity index (χ3v) is 2.55. The van der Waals surface area contributed by atoms with Gasteiger partial charge in [-0.2, -0.15) is 0 Å². The normalized spacial score (nSPS) is 11.1. The van der Waals surface area contributed by atoms with E-state index in [0.717, 1.165) is 5.56 Å². The second-order valence-electron chi connectivity index (χ2n) is 3.81. The van der Waals surface area contributed by atoms with Crippen LogP contribution in [0.4, 0.5) is 0 Å². The lowest BCUT2D eigenvalue weighted by Crippen LogP contribution is -2.46. The van der Waals surface area contributed by atoms with Crippen LogP contribution in [0.2, 0.25) is 0 Å². The van der Waals surface area contributed by atoms with Crippen LogP contribution >= 0.6 is 0 Å². The summed E-state index contributed by atoms with van der Waals surface area (Å²) >= 11 is 0. The van der Waals surface area contributed by atoms with Crippen molar-refractivity contribution in [1.29, 1.82) is 0 Å². The van der Waals surface area contributed by atoms with Crippen molar-refractivity contribution < 1.29 is 24.9 Å². The summed E-state index contributed by atoms with van der Waals surface area (Å²) in [6.07, 6.45) is 0.509. The standard InChI is InChI=1S/C12H14O5/c13-10(14)12(17,11(15)16)8-4-7-9-5-2-1-3-6-9/h1-3,5-6,17H,4,7-8H2,(H,13,14)(H,15,16). The Bertz CT molecular complexity index is 385. The molecule has 0 radical (unpaired) electrons. The molecule has 0 aliphatic rings. The van der Waals surface area contributed by atoms with Gasteiger partial charge in [-0.1, -0.05) is 30.3 Å². The first-order valence-corrected chi connectivity index (χ1v) is 5.20. The van der Waals surface area contributed by atoms with Crippen LogP contribution in [-0.4, -0.2) is 32.9 Å². The van der Waals surface area contributed by atoms with Crippen molar-refractivity contribution in [2.75, 3.05) is 0 Å². The quantitative estimate of drug-likeness (QED) is 0.640. The van der Waals surface area contributed by atoms with E-state index >= 15 is 0 Å². The minimum Gasteiger partial charge on any atom is -0.479 e. The van der Waals surface area contributed by atoms with Gasteiger partial charge < -0.3 is 15.3 Å². The number of rotatable bonds is 6. The molecule has 1 aromatic rings. The van der Waals surface area contributed by atoms with Gasteiger partial charge in [0.2, 0.25) is 0 Å². The fraction of sp³-hybridized carbons (Fsp3) is 0.333. The molecular formula is C12H14O5. The number of carboxylic acids is 2. The van der Waals surface area contributed by atoms with Gasteiger partial charge in [-0.25, -0.2) is 9.59 Å². The molecule has 0 fully saturated rings. The van der Waals surface area contributed by atoms with Gasteiger partial charge in [0.05, 0.1) is 0 Å². The molecule has 0 spiro atoms. The SMILES string of the molecule is O=C(O)C(O)(CCCc1ccccc1)C(=O)O. The molecule has 0 saturated heterocycles. The van der Waals surface area contributed by atoms with Crippen LogP contribution in [0, 0.1) is 0 Å². The predicted molar refractivity (Wildman–Crippen MR) is 59.6 cm³/mol. The Morgan fingerprint density at radius 2 is 1.59 bits per heavy atom. The highest BCUT2D eigenvalue weighted by Crippen LogP contribution is 2.16. The van der Waals surface area contributed by atoms with E-state index in [-0.39, 0.29) is 6.42 Å². The van der Waals surface area contributed by atoms with Crippen molar-refractivity contribution in [2.45, 2.75) is 24.9 Å².